The molecule has 1 aliphatic heterocycles. The molecule has 0 radical (unpaired) electrons. The van der Waals surface area contributed by atoms with Crippen molar-refractivity contribution in [3.63, 3.8) is 0 Å². The maximum Gasteiger partial charge on any atom is 0.191 e. The van der Waals surface area contributed by atoms with Gasteiger partial charge in [0.1, 0.15) is 0 Å². The number of likely N-dealkylation sites (tertiary alicyclic amines) is 1. The fourth-order valence-electron chi connectivity index (χ4n) is 3.80. The minimum Gasteiger partial charge on any atom is -0.361 e. The average molecular weight is 483 g/mol. The molecule has 3 N–H and O–H groups in total. The van der Waals surface area contributed by atoms with Gasteiger partial charge in [0.15, 0.2) is 5.96 Å². The summed E-state index contributed by atoms with van der Waals surface area (Å²) in [7, 11) is 0. The van der Waals surface area contributed by atoms with Gasteiger partial charge in [0.25, 0.3) is 0 Å². The zero-order valence-corrected chi connectivity index (χ0v) is 19.0. The summed E-state index contributed by atoms with van der Waals surface area (Å²) in [5.74, 6) is 1.65. The first-order chi connectivity index (χ1) is 12.8. The fraction of sp³-hybridized carbons (Fsp3) is 0.571. The van der Waals surface area contributed by atoms with Gasteiger partial charge in [0, 0.05) is 43.3 Å². The third-order valence-corrected chi connectivity index (χ3v) is 5.12. The zero-order valence-electron chi connectivity index (χ0n) is 16.6. The van der Waals surface area contributed by atoms with Gasteiger partial charge in [-0.2, -0.15) is 0 Å². The molecule has 0 spiro atoms. The lowest BCUT2D eigenvalue weighted by Gasteiger charge is -2.15. The maximum atomic E-state index is 4.83. The molecule has 1 aliphatic rings. The van der Waals surface area contributed by atoms with Crippen LogP contribution in [0.4, 0.5) is 0 Å². The predicted octanol–water partition coefficient (Wildman–Crippen LogP) is 3.62. The van der Waals surface area contributed by atoms with Crippen molar-refractivity contribution < 1.29 is 0 Å². The Labute approximate surface area is 180 Å². The van der Waals surface area contributed by atoms with E-state index in [1.54, 1.807) is 0 Å². The van der Waals surface area contributed by atoms with Gasteiger partial charge < -0.3 is 20.5 Å². The molecule has 1 saturated heterocycles. The van der Waals surface area contributed by atoms with Crippen LogP contribution in [0.3, 0.4) is 0 Å². The molecule has 5 nitrogen and oxygen atoms in total. The molecule has 150 valence electrons. The van der Waals surface area contributed by atoms with E-state index in [9.17, 15) is 0 Å². The molecule has 27 heavy (non-hydrogen) atoms. The third-order valence-electron chi connectivity index (χ3n) is 5.12. The number of rotatable bonds is 8. The first kappa shape index (κ1) is 22.0. The standard InChI is InChI=1S/C21H33N5.HI/c1-3-12-26-13-10-17(16-26)14-25-21(22-4-2)23-11-9-18-15-24-20-8-6-5-7-19(18)20;/h5-8,15,17,24H,3-4,9-14,16H2,1-2H3,(H2,22,23,25);1H. The third kappa shape index (κ3) is 6.38. The Bertz CT molecular complexity index is 711. The van der Waals surface area contributed by atoms with Crippen LogP contribution in [0.25, 0.3) is 10.9 Å². The second kappa shape index (κ2) is 11.5. The molecular weight excluding hydrogens is 449 g/mol. The number of benzene rings is 1. The molecule has 1 atom stereocenters. The Morgan fingerprint density at radius 2 is 2.11 bits per heavy atom. The lowest BCUT2D eigenvalue weighted by molar-refractivity contribution is 0.326. The summed E-state index contributed by atoms with van der Waals surface area (Å²) in [4.78, 5) is 10.7. The summed E-state index contributed by atoms with van der Waals surface area (Å²) >= 11 is 0. The first-order valence-electron chi connectivity index (χ1n) is 10.1. The molecule has 2 aromatic rings. The van der Waals surface area contributed by atoms with Crippen molar-refractivity contribution in [3.05, 3.63) is 36.0 Å². The quantitative estimate of drug-likeness (QED) is 0.306. The topological polar surface area (TPSA) is 55.4 Å². The molecule has 1 aromatic carbocycles. The molecule has 0 saturated carbocycles. The lowest BCUT2D eigenvalue weighted by Crippen LogP contribution is -2.38. The van der Waals surface area contributed by atoms with E-state index >= 15 is 0 Å². The average Bonchev–Trinajstić information content (AvgIpc) is 3.27. The van der Waals surface area contributed by atoms with Crippen molar-refractivity contribution in [2.24, 2.45) is 10.9 Å². The predicted molar refractivity (Wildman–Crippen MR) is 126 cm³/mol. The van der Waals surface area contributed by atoms with Crippen molar-refractivity contribution in [3.8, 4) is 0 Å². The Balaban J connectivity index is 0.00000261. The number of fused-ring (bicyclic) bond motifs is 1. The summed E-state index contributed by atoms with van der Waals surface area (Å²) in [6.45, 7) is 10.7. The van der Waals surface area contributed by atoms with E-state index in [0.717, 1.165) is 32.0 Å². The van der Waals surface area contributed by atoms with Crippen LogP contribution in [0.5, 0.6) is 0 Å². The molecule has 1 fully saturated rings. The molecule has 0 amide bonds. The van der Waals surface area contributed by atoms with Crippen LogP contribution in [-0.4, -0.2) is 55.1 Å². The summed E-state index contributed by atoms with van der Waals surface area (Å²) in [5, 5.41) is 8.19. The normalized spacial score (nSPS) is 17.9. The second-order valence-corrected chi connectivity index (χ2v) is 7.21. The largest absolute Gasteiger partial charge is 0.361 e. The van der Waals surface area contributed by atoms with Crippen molar-refractivity contribution in [2.75, 3.05) is 39.3 Å². The number of aliphatic imine (C=N–C) groups is 1. The van der Waals surface area contributed by atoms with E-state index in [1.807, 2.05) is 0 Å². The van der Waals surface area contributed by atoms with Crippen LogP contribution < -0.4 is 10.6 Å². The summed E-state index contributed by atoms with van der Waals surface area (Å²) < 4.78 is 0. The highest BCUT2D eigenvalue weighted by Gasteiger charge is 2.21. The fourth-order valence-corrected chi connectivity index (χ4v) is 3.80. The van der Waals surface area contributed by atoms with Crippen LogP contribution in [0.1, 0.15) is 32.3 Å². The van der Waals surface area contributed by atoms with Gasteiger partial charge in [-0.3, -0.25) is 4.99 Å². The van der Waals surface area contributed by atoms with Crippen molar-refractivity contribution >= 4 is 40.8 Å². The van der Waals surface area contributed by atoms with Crippen molar-refractivity contribution in [1.29, 1.82) is 0 Å². The number of hydrogen-bond acceptors (Lipinski definition) is 2. The van der Waals surface area contributed by atoms with Gasteiger partial charge >= 0.3 is 0 Å². The van der Waals surface area contributed by atoms with E-state index in [2.05, 4.69) is 64.8 Å². The monoisotopic (exact) mass is 483 g/mol. The maximum absolute atomic E-state index is 4.83. The van der Waals surface area contributed by atoms with Gasteiger partial charge in [-0.1, -0.05) is 25.1 Å². The van der Waals surface area contributed by atoms with E-state index in [1.165, 1.54) is 48.9 Å². The highest BCUT2D eigenvalue weighted by Crippen LogP contribution is 2.18. The number of nitrogens with zero attached hydrogens (tertiary/aromatic N) is 2. The summed E-state index contributed by atoms with van der Waals surface area (Å²) in [6.07, 6.45) is 5.63. The van der Waals surface area contributed by atoms with Gasteiger partial charge in [-0.05, 0) is 56.8 Å². The minimum absolute atomic E-state index is 0. The number of hydrogen-bond donors (Lipinski definition) is 3. The van der Waals surface area contributed by atoms with Crippen molar-refractivity contribution in [1.82, 2.24) is 20.5 Å². The van der Waals surface area contributed by atoms with Crippen LogP contribution in [0.2, 0.25) is 0 Å². The Hall–Kier alpha value is -1.28. The SMILES string of the molecule is CCCN1CCC(CN=C(NCC)NCCc2c[nH]c3ccccc23)C1.I. The molecule has 1 aromatic heterocycles. The van der Waals surface area contributed by atoms with Crippen LogP contribution in [-0.2, 0) is 6.42 Å². The molecule has 1 unspecified atom stereocenters. The lowest BCUT2D eigenvalue weighted by atomic mass is 10.1. The van der Waals surface area contributed by atoms with Crippen LogP contribution in [0.15, 0.2) is 35.5 Å². The number of halogens is 1. The number of para-hydroxylation sites is 1. The van der Waals surface area contributed by atoms with E-state index in [4.69, 9.17) is 4.99 Å². The number of guanidine groups is 1. The highest BCUT2D eigenvalue weighted by atomic mass is 127. The molecule has 3 rings (SSSR count). The molecule has 0 bridgehead atoms. The van der Waals surface area contributed by atoms with Gasteiger partial charge in [-0.25, -0.2) is 0 Å². The molecule has 0 aliphatic carbocycles. The Morgan fingerprint density at radius 3 is 2.93 bits per heavy atom. The van der Waals surface area contributed by atoms with Gasteiger partial charge in [0.05, 0.1) is 0 Å². The van der Waals surface area contributed by atoms with Gasteiger partial charge in [-0.15, -0.1) is 24.0 Å². The summed E-state index contributed by atoms with van der Waals surface area (Å²) in [6, 6.07) is 8.48. The van der Waals surface area contributed by atoms with Crippen LogP contribution in [0, 0.1) is 5.92 Å². The number of aromatic amines is 1. The van der Waals surface area contributed by atoms with Crippen molar-refractivity contribution in [2.45, 2.75) is 33.1 Å². The second-order valence-electron chi connectivity index (χ2n) is 7.21. The molecule has 2 heterocycles. The molecule has 6 heteroatoms. The van der Waals surface area contributed by atoms with Crippen LogP contribution >= 0.6 is 24.0 Å². The van der Waals surface area contributed by atoms with E-state index in [-0.39, 0.29) is 24.0 Å². The van der Waals surface area contributed by atoms with Gasteiger partial charge in [0.2, 0.25) is 0 Å². The number of nitrogens with one attached hydrogen (secondary N) is 3. The summed E-state index contributed by atoms with van der Waals surface area (Å²) in [5.41, 5.74) is 2.57. The zero-order chi connectivity index (χ0) is 18.2. The number of H-pyrrole nitrogens is 1. The van der Waals surface area contributed by atoms with E-state index in [0.29, 0.717) is 5.92 Å². The Morgan fingerprint density at radius 1 is 1.26 bits per heavy atom. The smallest absolute Gasteiger partial charge is 0.191 e. The number of aromatic nitrogens is 1. The first-order valence-corrected chi connectivity index (χ1v) is 10.1. The minimum atomic E-state index is 0. The molecular formula is C21H34IN5. The highest BCUT2D eigenvalue weighted by molar-refractivity contribution is 14.0. The Kier molecular flexibility index (Phi) is 9.41. The van der Waals surface area contributed by atoms with E-state index < -0.39 is 0 Å².